The number of carbonyl (C=O) groups excluding carboxylic acids is 1. The summed E-state index contributed by atoms with van der Waals surface area (Å²) in [6.45, 7) is 3.66. The highest BCUT2D eigenvalue weighted by atomic mass is 31.2. The first kappa shape index (κ1) is 28.7. The maximum absolute atomic E-state index is 14.4. The van der Waals surface area contributed by atoms with Crippen molar-refractivity contribution in [2.45, 2.75) is 19.5 Å². The zero-order valence-corrected chi connectivity index (χ0v) is 24.3. The molecule has 0 bridgehead atoms. The van der Waals surface area contributed by atoms with Crippen molar-refractivity contribution in [1.82, 2.24) is 20.2 Å². The Hall–Kier alpha value is -4.81. The minimum Gasteiger partial charge on any atom is -0.612 e. The molecule has 0 aliphatic carbocycles. The molecule has 5 rings (SSSR count). The third-order valence-electron chi connectivity index (χ3n) is 6.79. The molecule has 1 atom stereocenters. The monoisotopic (exact) mass is 578 g/mol. The fourth-order valence-corrected chi connectivity index (χ4v) is 9.77. The summed E-state index contributed by atoms with van der Waals surface area (Å²) in [5, 5.41) is 29.8. The Balaban J connectivity index is 1.89. The first-order chi connectivity index (χ1) is 20.6. The van der Waals surface area contributed by atoms with Crippen LogP contribution in [0.2, 0.25) is 0 Å². The van der Waals surface area contributed by atoms with E-state index >= 15 is 0 Å². The Labute approximate surface area is 245 Å². The van der Waals surface area contributed by atoms with Crippen LogP contribution in [-0.4, -0.2) is 45.0 Å². The predicted octanol–water partition coefficient (Wildman–Crippen LogP) is 3.79. The normalized spacial score (nSPS) is 12.7. The maximum atomic E-state index is 14.4. The molecule has 9 heteroatoms. The van der Waals surface area contributed by atoms with Crippen LogP contribution in [0.25, 0.3) is 17.1 Å². The topological polar surface area (TPSA) is 102 Å². The molecule has 0 saturated heterocycles. The molecule has 0 saturated carbocycles. The van der Waals surface area contributed by atoms with Gasteiger partial charge in [-0.1, -0.05) is 91.9 Å². The Morgan fingerprint density at radius 1 is 0.738 bits per heavy atom. The van der Waals surface area contributed by atoms with E-state index in [0.29, 0.717) is 5.82 Å². The summed E-state index contributed by atoms with van der Waals surface area (Å²) in [7, 11) is -3.05. The van der Waals surface area contributed by atoms with Gasteiger partial charge in [0.2, 0.25) is 11.5 Å². The van der Waals surface area contributed by atoms with Gasteiger partial charge in [0.15, 0.2) is 0 Å². The van der Waals surface area contributed by atoms with Gasteiger partial charge in [-0.3, -0.25) is 0 Å². The highest BCUT2D eigenvalue weighted by Crippen LogP contribution is 2.63. The molecule has 0 amide bonds. The van der Waals surface area contributed by atoms with Gasteiger partial charge in [-0.05, 0) is 55.1 Å². The number of esters is 1. The van der Waals surface area contributed by atoms with E-state index in [2.05, 4.69) is 15.4 Å². The van der Waals surface area contributed by atoms with Crippen molar-refractivity contribution in [3.05, 3.63) is 127 Å². The van der Waals surface area contributed by atoms with E-state index < -0.39 is 24.8 Å². The molecular weight excluding hydrogens is 547 g/mol. The molecule has 212 valence electrons. The van der Waals surface area contributed by atoms with E-state index in [0.717, 1.165) is 26.3 Å². The van der Waals surface area contributed by atoms with Crippen molar-refractivity contribution in [2.24, 2.45) is 0 Å². The van der Waals surface area contributed by atoms with E-state index in [4.69, 9.17) is 9.47 Å². The molecule has 4 aromatic carbocycles. The zero-order valence-electron chi connectivity index (χ0n) is 23.4. The summed E-state index contributed by atoms with van der Waals surface area (Å²) in [4.78, 5) is 15.5. The van der Waals surface area contributed by atoms with E-state index in [1.807, 2.05) is 121 Å². The van der Waals surface area contributed by atoms with Crippen LogP contribution in [0.5, 0.6) is 0 Å². The first-order valence-electron chi connectivity index (χ1n) is 13.7. The Morgan fingerprint density at radius 3 is 1.64 bits per heavy atom. The van der Waals surface area contributed by atoms with Crippen LogP contribution in [0.4, 0.5) is 0 Å². The minimum atomic E-state index is -3.05. The van der Waals surface area contributed by atoms with Crippen molar-refractivity contribution in [2.75, 3.05) is 13.2 Å². The van der Waals surface area contributed by atoms with Gasteiger partial charge in [0, 0.05) is 5.56 Å². The van der Waals surface area contributed by atoms with Crippen molar-refractivity contribution >= 4 is 34.8 Å². The minimum absolute atomic E-state index is 0.0603. The lowest BCUT2D eigenvalue weighted by Gasteiger charge is -2.35. The fraction of sp³-hybridized carbons (Fsp3) is 0.152. The number of carbonyl (C=O) groups is 1. The van der Waals surface area contributed by atoms with Gasteiger partial charge < -0.3 is 14.6 Å². The van der Waals surface area contributed by atoms with Crippen molar-refractivity contribution in [3.63, 3.8) is 0 Å². The molecule has 0 radical (unpaired) electrons. The highest BCUT2D eigenvalue weighted by Gasteiger charge is 2.59. The van der Waals surface area contributed by atoms with Gasteiger partial charge >= 0.3 is 5.97 Å². The Kier molecular flexibility index (Phi) is 9.05. The molecule has 0 spiro atoms. The van der Waals surface area contributed by atoms with E-state index in [-0.39, 0.29) is 18.9 Å². The first-order valence-corrected chi connectivity index (χ1v) is 15.6. The van der Waals surface area contributed by atoms with Gasteiger partial charge in [0.05, 0.1) is 12.6 Å². The van der Waals surface area contributed by atoms with Crippen LogP contribution in [0.15, 0.2) is 127 Å². The third kappa shape index (κ3) is 5.54. The van der Waals surface area contributed by atoms with Crippen LogP contribution in [0.3, 0.4) is 0 Å². The molecule has 1 heterocycles. The predicted molar refractivity (Wildman–Crippen MR) is 164 cm³/mol. The molecule has 5 aromatic rings. The molecule has 0 aliphatic heterocycles. The number of nitrogens with zero attached hydrogens (tertiary/aromatic N) is 4. The van der Waals surface area contributed by atoms with Crippen LogP contribution < -0.4 is 21.0 Å². The fourth-order valence-electron chi connectivity index (χ4n) is 5.09. The average molecular weight is 579 g/mol. The lowest BCUT2D eigenvalue weighted by Crippen LogP contribution is -2.46. The summed E-state index contributed by atoms with van der Waals surface area (Å²) >= 11 is 0. The Bertz CT molecular complexity index is 1530. The SMILES string of the molecule is CCOC(=O)C(/C(=C(\[O-])OCC)n1nnc(-c2ccccc2)n1)[P+](c1ccccc1)(c1ccccc1)c1ccccc1. The van der Waals surface area contributed by atoms with Gasteiger partial charge in [-0.2, -0.15) is 0 Å². The summed E-state index contributed by atoms with van der Waals surface area (Å²) in [5.41, 5.74) is -0.508. The number of hydrogen-bond acceptors (Lipinski definition) is 7. The number of rotatable bonds is 11. The summed E-state index contributed by atoms with van der Waals surface area (Å²) in [5.74, 6) is -0.994. The lowest BCUT2D eigenvalue weighted by atomic mass is 10.2. The second kappa shape index (κ2) is 13.2. The average Bonchev–Trinajstić information content (AvgIpc) is 3.53. The van der Waals surface area contributed by atoms with E-state index in [9.17, 15) is 9.90 Å². The van der Waals surface area contributed by atoms with E-state index in [1.54, 1.807) is 13.8 Å². The third-order valence-corrected chi connectivity index (χ3v) is 11.4. The van der Waals surface area contributed by atoms with Gasteiger partial charge in [-0.25, -0.2) is 4.79 Å². The van der Waals surface area contributed by atoms with Gasteiger partial charge in [0.1, 0.15) is 28.9 Å². The van der Waals surface area contributed by atoms with Crippen LogP contribution in [-0.2, 0) is 14.3 Å². The molecule has 8 nitrogen and oxygen atoms in total. The number of ether oxygens (including phenoxy) is 2. The molecule has 1 unspecified atom stereocenters. The highest BCUT2D eigenvalue weighted by molar-refractivity contribution is 7.97. The van der Waals surface area contributed by atoms with E-state index in [1.165, 1.54) is 0 Å². The molecule has 0 fully saturated rings. The molecular formula is C33H31N4O4P. The summed E-state index contributed by atoms with van der Waals surface area (Å²) in [6.07, 6.45) is 0. The lowest BCUT2D eigenvalue weighted by molar-refractivity contribution is -0.355. The van der Waals surface area contributed by atoms with Crippen molar-refractivity contribution in [1.29, 1.82) is 0 Å². The second-order valence-electron chi connectivity index (χ2n) is 9.26. The molecule has 0 N–H and O–H groups in total. The molecule has 1 aromatic heterocycles. The van der Waals surface area contributed by atoms with Crippen molar-refractivity contribution in [3.8, 4) is 11.4 Å². The quantitative estimate of drug-likeness (QED) is 0.134. The van der Waals surface area contributed by atoms with Crippen LogP contribution in [0, 0.1) is 0 Å². The van der Waals surface area contributed by atoms with Crippen LogP contribution >= 0.6 is 7.26 Å². The van der Waals surface area contributed by atoms with Gasteiger partial charge in [0.25, 0.3) is 0 Å². The van der Waals surface area contributed by atoms with Gasteiger partial charge in [-0.15, -0.1) is 15.0 Å². The summed E-state index contributed by atoms with van der Waals surface area (Å²) < 4.78 is 11.4. The second-order valence-corrected chi connectivity index (χ2v) is 12.8. The number of hydrogen-bond donors (Lipinski definition) is 0. The largest absolute Gasteiger partial charge is 0.612 e. The smallest absolute Gasteiger partial charge is 0.354 e. The Morgan fingerprint density at radius 2 is 1.19 bits per heavy atom. The summed E-state index contributed by atoms with van der Waals surface area (Å²) in [6, 6.07) is 38.7. The van der Waals surface area contributed by atoms with Crippen LogP contribution in [0.1, 0.15) is 13.8 Å². The molecule has 42 heavy (non-hydrogen) atoms. The maximum Gasteiger partial charge on any atom is 0.354 e. The van der Waals surface area contributed by atoms with Crippen molar-refractivity contribution < 1.29 is 19.4 Å². The standard InChI is InChI=1S/C33H31N4O4P/c1-3-40-32(38)29(37-35-31(34-36-37)25-17-9-5-10-18-25)30(33(39)41-4-2)42(26-19-11-6-12-20-26,27-21-13-7-14-22-27)28-23-15-8-16-24-28/h5-24,30H,3-4H2,1-2H3/b32-29-. The zero-order chi connectivity index (χ0) is 29.4. The number of aromatic nitrogens is 4. The number of tetrazole rings is 1. The molecule has 0 aliphatic rings. The number of benzene rings is 4.